The van der Waals surface area contributed by atoms with E-state index in [-0.39, 0.29) is 11.6 Å². The highest BCUT2D eigenvalue weighted by Crippen LogP contribution is 2.29. The number of nitrogens with two attached hydrogens (primary N) is 1. The molecule has 0 radical (unpaired) electrons. The molecule has 5 nitrogen and oxygen atoms in total. The summed E-state index contributed by atoms with van der Waals surface area (Å²) in [5.74, 6) is 0.687. The zero-order chi connectivity index (χ0) is 18.3. The van der Waals surface area contributed by atoms with Gasteiger partial charge in [0.2, 0.25) is 5.95 Å². The molecule has 1 fully saturated rings. The van der Waals surface area contributed by atoms with E-state index in [1.54, 1.807) is 4.57 Å². The highest BCUT2D eigenvalue weighted by Gasteiger charge is 2.23. The molecule has 1 saturated heterocycles. The summed E-state index contributed by atoms with van der Waals surface area (Å²) in [7, 11) is 0. The number of thiophene rings is 1. The van der Waals surface area contributed by atoms with E-state index in [2.05, 4.69) is 20.8 Å². The monoisotopic (exact) mass is 452 g/mol. The average Bonchev–Trinajstić information content (AvgIpc) is 3.00. The van der Waals surface area contributed by atoms with Crippen molar-refractivity contribution in [1.29, 1.82) is 0 Å². The SMILES string of the molecule is NC1CCCN(c2nc3c(Br)csc3c(=O)n2Cc2ccc(Cl)cc2)C1. The lowest BCUT2D eigenvalue weighted by atomic mass is 10.1. The van der Waals surface area contributed by atoms with Crippen LogP contribution in [0.25, 0.3) is 10.2 Å². The first kappa shape index (κ1) is 18.0. The van der Waals surface area contributed by atoms with Gasteiger partial charge in [-0.1, -0.05) is 23.7 Å². The number of piperidine rings is 1. The van der Waals surface area contributed by atoms with Gasteiger partial charge < -0.3 is 10.6 Å². The number of aromatic nitrogens is 2. The second-order valence-corrected chi connectivity index (χ2v) is 8.71. The third-order valence-electron chi connectivity index (χ3n) is 4.61. The fourth-order valence-corrected chi connectivity index (χ4v) is 4.94. The number of hydrogen-bond acceptors (Lipinski definition) is 5. The van der Waals surface area contributed by atoms with E-state index >= 15 is 0 Å². The Morgan fingerprint density at radius 1 is 1.35 bits per heavy atom. The molecule has 8 heteroatoms. The molecule has 136 valence electrons. The van der Waals surface area contributed by atoms with Gasteiger partial charge in [0.15, 0.2) is 0 Å². The first-order valence-corrected chi connectivity index (χ1v) is 10.5. The van der Waals surface area contributed by atoms with Gasteiger partial charge in [0.25, 0.3) is 5.56 Å². The van der Waals surface area contributed by atoms with Gasteiger partial charge in [-0.2, -0.15) is 0 Å². The molecule has 4 rings (SSSR count). The molecular formula is C18H18BrClN4OS. The minimum atomic E-state index is -0.0187. The smallest absolute Gasteiger partial charge is 0.273 e. The Bertz CT molecular complexity index is 1000. The zero-order valence-corrected chi connectivity index (χ0v) is 17.1. The Kier molecular flexibility index (Phi) is 5.05. The standard InChI is InChI=1S/C18H18BrClN4OS/c19-14-10-26-16-15(14)22-18(23-7-1-2-13(21)9-23)24(17(16)25)8-11-3-5-12(20)6-4-11/h3-6,10,13H,1-2,7-9,21H2. The summed E-state index contributed by atoms with van der Waals surface area (Å²) >= 11 is 10.9. The molecule has 0 spiro atoms. The van der Waals surface area contributed by atoms with Crippen LogP contribution in [0.15, 0.2) is 38.9 Å². The number of hydrogen-bond donors (Lipinski definition) is 1. The Balaban J connectivity index is 1.85. The van der Waals surface area contributed by atoms with Gasteiger partial charge in [0.1, 0.15) is 10.2 Å². The molecule has 1 aliphatic heterocycles. The average molecular weight is 454 g/mol. The topological polar surface area (TPSA) is 64.2 Å². The maximum atomic E-state index is 13.2. The van der Waals surface area contributed by atoms with Crippen LogP contribution in [0, 0.1) is 0 Å². The molecule has 1 aliphatic rings. The highest BCUT2D eigenvalue weighted by atomic mass is 79.9. The highest BCUT2D eigenvalue weighted by molar-refractivity contribution is 9.10. The Labute approximate surface area is 168 Å². The van der Waals surface area contributed by atoms with Crippen molar-refractivity contribution in [3.63, 3.8) is 0 Å². The number of rotatable bonds is 3. The Morgan fingerprint density at radius 2 is 2.12 bits per heavy atom. The number of halogens is 2. The largest absolute Gasteiger partial charge is 0.341 e. The lowest BCUT2D eigenvalue weighted by Gasteiger charge is -2.33. The number of benzene rings is 1. The van der Waals surface area contributed by atoms with Crippen molar-refractivity contribution < 1.29 is 0 Å². The fourth-order valence-electron chi connectivity index (χ4n) is 3.31. The van der Waals surface area contributed by atoms with Crippen molar-refractivity contribution in [1.82, 2.24) is 9.55 Å². The molecule has 1 unspecified atom stereocenters. The third-order valence-corrected chi connectivity index (χ3v) is 6.73. The van der Waals surface area contributed by atoms with Crippen LogP contribution in [0.3, 0.4) is 0 Å². The van der Waals surface area contributed by atoms with Crippen molar-refractivity contribution in [2.75, 3.05) is 18.0 Å². The summed E-state index contributed by atoms with van der Waals surface area (Å²) < 4.78 is 3.28. The summed E-state index contributed by atoms with van der Waals surface area (Å²) in [6, 6.07) is 7.66. The van der Waals surface area contributed by atoms with Crippen molar-refractivity contribution in [2.24, 2.45) is 5.73 Å². The van der Waals surface area contributed by atoms with Gasteiger partial charge >= 0.3 is 0 Å². The third kappa shape index (κ3) is 3.41. The molecule has 0 amide bonds. The van der Waals surface area contributed by atoms with Crippen LogP contribution < -0.4 is 16.2 Å². The van der Waals surface area contributed by atoms with Crippen LogP contribution in [-0.4, -0.2) is 28.7 Å². The quantitative estimate of drug-likeness (QED) is 0.654. The lowest BCUT2D eigenvalue weighted by molar-refractivity contribution is 0.492. The van der Waals surface area contributed by atoms with E-state index in [4.69, 9.17) is 22.3 Å². The maximum Gasteiger partial charge on any atom is 0.273 e. The van der Waals surface area contributed by atoms with Crippen molar-refractivity contribution in [3.05, 3.63) is 55.1 Å². The molecule has 1 aromatic carbocycles. The molecule has 0 bridgehead atoms. The van der Waals surface area contributed by atoms with Crippen molar-refractivity contribution in [3.8, 4) is 0 Å². The van der Waals surface area contributed by atoms with Crippen LogP contribution in [0.5, 0.6) is 0 Å². The molecule has 1 atom stereocenters. The van der Waals surface area contributed by atoms with E-state index in [0.717, 1.165) is 34.9 Å². The molecule has 2 N–H and O–H groups in total. The second-order valence-electron chi connectivity index (χ2n) is 6.54. The van der Waals surface area contributed by atoms with Gasteiger partial charge in [-0.3, -0.25) is 9.36 Å². The second kappa shape index (κ2) is 7.31. The summed E-state index contributed by atoms with van der Waals surface area (Å²) in [5.41, 5.74) is 7.88. The Hall–Kier alpha value is -1.41. The summed E-state index contributed by atoms with van der Waals surface area (Å²) in [6.07, 6.45) is 2.00. The first-order valence-electron chi connectivity index (χ1n) is 8.45. The van der Waals surface area contributed by atoms with Crippen molar-refractivity contribution >= 4 is 55.0 Å². The van der Waals surface area contributed by atoms with Crippen LogP contribution in [0.4, 0.5) is 5.95 Å². The fraction of sp³-hybridized carbons (Fsp3) is 0.333. The van der Waals surface area contributed by atoms with E-state index in [1.807, 2.05) is 29.6 Å². The molecule has 0 saturated carbocycles. The summed E-state index contributed by atoms with van der Waals surface area (Å²) in [5, 5.41) is 2.59. The van der Waals surface area contributed by atoms with E-state index in [0.29, 0.717) is 28.8 Å². The van der Waals surface area contributed by atoms with Crippen LogP contribution in [0.2, 0.25) is 5.02 Å². The summed E-state index contributed by atoms with van der Waals surface area (Å²) in [6.45, 7) is 2.02. The van der Waals surface area contributed by atoms with Gasteiger partial charge in [0, 0.05) is 29.5 Å². The van der Waals surface area contributed by atoms with Gasteiger partial charge in [-0.15, -0.1) is 11.3 Å². The van der Waals surface area contributed by atoms with Gasteiger partial charge in [0.05, 0.1) is 11.0 Å². The van der Waals surface area contributed by atoms with Crippen LogP contribution in [0.1, 0.15) is 18.4 Å². The van der Waals surface area contributed by atoms with Crippen molar-refractivity contribution in [2.45, 2.75) is 25.4 Å². The van der Waals surface area contributed by atoms with Crippen LogP contribution in [-0.2, 0) is 6.54 Å². The number of anilines is 1. The summed E-state index contributed by atoms with van der Waals surface area (Å²) in [4.78, 5) is 20.2. The first-order chi connectivity index (χ1) is 12.5. The van der Waals surface area contributed by atoms with Gasteiger partial charge in [-0.05, 0) is 46.5 Å². The van der Waals surface area contributed by atoms with E-state index in [1.165, 1.54) is 11.3 Å². The number of fused-ring (bicyclic) bond motifs is 1. The number of nitrogens with zero attached hydrogens (tertiary/aromatic N) is 3. The molecule has 2 aromatic heterocycles. The molecular weight excluding hydrogens is 436 g/mol. The molecule has 3 heterocycles. The Morgan fingerprint density at radius 3 is 2.85 bits per heavy atom. The molecule has 26 heavy (non-hydrogen) atoms. The minimum absolute atomic E-state index is 0.0187. The van der Waals surface area contributed by atoms with E-state index < -0.39 is 0 Å². The zero-order valence-electron chi connectivity index (χ0n) is 14.0. The molecule has 0 aliphatic carbocycles. The molecule has 3 aromatic rings. The van der Waals surface area contributed by atoms with Crippen LogP contribution >= 0.6 is 38.9 Å². The lowest BCUT2D eigenvalue weighted by Crippen LogP contribution is -2.45. The maximum absolute atomic E-state index is 13.2. The predicted molar refractivity (Wildman–Crippen MR) is 112 cm³/mol. The van der Waals surface area contributed by atoms with E-state index in [9.17, 15) is 4.79 Å². The predicted octanol–water partition coefficient (Wildman–Crippen LogP) is 3.85. The minimum Gasteiger partial charge on any atom is -0.341 e. The van der Waals surface area contributed by atoms with Gasteiger partial charge in [-0.25, -0.2) is 4.98 Å². The normalized spacial score (nSPS) is 17.8.